The second-order valence-corrected chi connectivity index (χ2v) is 7.55. The first-order valence-electron chi connectivity index (χ1n) is 9.50. The van der Waals surface area contributed by atoms with Gasteiger partial charge in [-0.3, -0.25) is 9.59 Å². The minimum atomic E-state index is -0.257. The summed E-state index contributed by atoms with van der Waals surface area (Å²) in [4.78, 5) is 25.9. The summed E-state index contributed by atoms with van der Waals surface area (Å²) in [6.45, 7) is 4.25. The number of amides is 2. The van der Waals surface area contributed by atoms with Crippen LogP contribution in [-0.4, -0.2) is 25.5 Å². The molecule has 0 spiro atoms. The molecule has 150 valence electrons. The van der Waals surface area contributed by atoms with Crippen LogP contribution in [-0.2, 0) is 4.79 Å². The first-order valence-corrected chi connectivity index (χ1v) is 10.3. The Morgan fingerprint density at radius 3 is 2.61 bits per heavy atom. The van der Waals surface area contributed by atoms with E-state index in [0.717, 1.165) is 17.3 Å². The van der Waals surface area contributed by atoms with Crippen molar-refractivity contribution in [3.63, 3.8) is 0 Å². The number of hydrogen-bond acceptors (Lipinski definition) is 3. The number of benzene rings is 2. The Kier molecular flexibility index (Phi) is 8.51. The zero-order valence-corrected chi connectivity index (χ0v) is 18.2. The number of hydrogen-bond donors (Lipinski definition) is 1. The number of unbranched alkanes of at least 4 members (excludes halogenated alkanes) is 3. The zero-order chi connectivity index (χ0) is 20.5. The number of nitrogens with one attached hydrogen (secondary N) is 1. The molecule has 0 aliphatic rings. The van der Waals surface area contributed by atoms with Gasteiger partial charge in [-0.15, -0.1) is 0 Å². The number of anilines is 2. The summed E-state index contributed by atoms with van der Waals surface area (Å²) >= 11 is 3.42. The van der Waals surface area contributed by atoms with Gasteiger partial charge in [0.25, 0.3) is 5.91 Å². The van der Waals surface area contributed by atoms with E-state index in [2.05, 4.69) is 28.2 Å². The van der Waals surface area contributed by atoms with Crippen LogP contribution in [0.25, 0.3) is 0 Å². The van der Waals surface area contributed by atoms with Gasteiger partial charge < -0.3 is 15.0 Å². The molecular formula is C22H27BrN2O3. The Bertz CT molecular complexity index is 823. The van der Waals surface area contributed by atoms with Gasteiger partial charge >= 0.3 is 0 Å². The molecule has 2 rings (SSSR count). The minimum absolute atomic E-state index is 0.0748. The quantitative estimate of drug-likeness (QED) is 0.506. The van der Waals surface area contributed by atoms with Crippen LogP contribution in [0.3, 0.4) is 0 Å². The topological polar surface area (TPSA) is 58.6 Å². The van der Waals surface area contributed by atoms with Crippen LogP contribution in [0.4, 0.5) is 11.4 Å². The van der Waals surface area contributed by atoms with Crippen molar-refractivity contribution < 1.29 is 14.3 Å². The van der Waals surface area contributed by atoms with Gasteiger partial charge in [0.15, 0.2) is 0 Å². The van der Waals surface area contributed by atoms with Crippen LogP contribution < -0.4 is 15.0 Å². The molecule has 6 heteroatoms. The van der Waals surface area contributed by atoms with E-state index in [0.29, 0.717) is 29.3 Å². The maximum absolute atomic E-state index is 12.8. The second-order valence-electron chi connectivity index (χ2n) is 6.63. The highest BCUT2D eigenvalue weighted by Crippen LogP contribution is 2.26. The summed E-state index contributed by atoms with van der Waals surface area (Å²) in [5.74, 6) is 0.232. The lowest BCUT2D eigenvalue weighted by Crippen LogP contribution is -2.23. The third-order valence-corrected chi connectivity index (χ3v) is 4.90. The average Bonchev–Trinajstić information content (AvgIpc) is 2.68. The summed E-state index contributed by atoms with van der Waals surface area (Å²) in [6.07, 6.45) is 4.43. The number of rotatable bonds is 9. The van der Waals surface area contributed by atoms with Crippen LogP contribution in [0.1, 0.15) is 49.9 Å². The van der Waals surface area contributed by atoms with E-state index in [-0.39, 0.29) is 11.8 Å². The average molecular weight is 447 g/mol. The van der Waals surface area contributed by atoms with Gasteiger partial charge in [-0.05, 0) is 42.8 Å². The molecule has 0 fully saturated rings. The highest BCUT2D eigenvalue weighted by Gasteiger charge is 2.15. The van der Waals surface area contributed by atoms with Gasteiger partial charge in [-0.2, -0.15) is 0 Å². The monoisotopic (exact) mass is 446 g/mol. The molecule has 0 heterocycles. The summed E-state index contributed by atoms with van der Waals surface area (Å²) in [7, 11) is 1.70. The number of carbonyl (C=O) groups excluding carboxylic acids is 2. The predicted octanol–water partition coefficient (Wildman–Crippen LogP) is 5.64. The van der Waals surface area contributed by atoms with Gasteiger partial charge in [0, 0.05) is 29.8 Å². The zero-order valence-electron chi connectivity index (χ0n) is 16.6. The lowest BCUT2D eigenvalue weighted by molar-refractivity contribution is -0.116. The van der Waals surface area contributed by atoms with Crippen molar-refractivity contribution in [1.82, 2.24) is 0 Å². The molecule has 2 amide bonds. The van der Waals surface area contributed by atoms with E-state index >= 15 is 0 Å². The maximum atomic E-state index is 12.8. The van der Waals surface area contributed by atoms with Crippen molar-refractivity contribution in [3.05, 3.63) is 52.5 Å². The van der Waals surface area contributed by atoms with Crippen molar-refractivity contribution in [2.24, 2.45) is 0 Å². The van der Waals surface area contributed by atoms with Gasteiger partial charge in [0.1, 0.15) is 5.75 Å². The van der Waals surface area contributed by atoms with Crippen LogP contribution in [0.15, 0.2) is 46.9 Å². The highest BCUT2D eigenvalue weighted by molar-refractivity contribution is 9.10. The molecule has 2 aromatic carbocycles. The fourth-order valence-corrected chi connectivity index (χ4v) is 3.05. The van der Waals surface area contributed by atoms with E-state index in [1.54, 1.807) is 37.4 Å². The molecular weight excluding hydrogens is 420 g/mol. The summed E-state index contributed by atoms with van der Waals surface area (Å²) in [5, 5.41) is 2.89. The van der Waals surface area contributed by atoms with Crippen molar-refractivity contribution in [2.75, 3.05) is 23.9 Å². The van der Waals surface area contributed by atoms with Gasteiger partial charge in [-0.25, -0.2) is 0 Å². The number of nitrogens with zero attached hydrogens (tertiary/aromatic N) is 1. The summed E-state index contributed by atoms with van der Waals surface area (Å²) in [5.41, 5.74) is 1.80. The first kappa shape index (κ1) is 22.0. The van der Waals surface area contributed by atoms with E-state index in [4.69, 9.17) is 4.74 Å². The molecule has 1 N–H and O–H groups in total. The summed E-state index contributed by atoms with van der Waals surface area (Å²) in [6, 6.07) is 12.6. The van der Waals surface area contributed by atoms with Crippen molar-refractivity contribution >= 4 is 39.1 Å². The third-order valence-electron chi connectivity index (χ3n) is 4.41. The molecule has 0 bridgehead atoms. The van der Waals surface area contributed by atoms with Crippen LogP contribution in [0.2, 0.25) is 0 Å². The van der Waals surface area contributed by atoms with Crippen molar-refractivity contribution in [1.29, 1.82) is 0 Å². The fraction of sp³-hybridized carbons (Fsp3) is 0.364. The lowest BCUT2D eigenvalue weighted by Gasteiger charge is -2.16. The molecule has 28 heavy (non-hydrogen) atoms. The molecule has 5 nitrogen and oxygen atoms in total. The Balaban J connectivity index is 2.12. The second kappa shape index (κ2) is 10.9. The Morgan fingerprint density at radius 2 is 1.89 bits per heavy atom. The Labute approximate surface area is 175 Å². The molecule has 2 aromatic rings. The maximum Gasteiger partial charge on any atom is 0.259 e. The molecule has 0 aromatic heterocycles. The SMILES string of the molecule is CCCCCCOc1ccc(Br)cc1C(=O)Nc1cccc(N(C)C(C)=O)c1. The molecule has 0 atom stereocenters. The van der Waals surface area contributed by atoms with E-state index < -0.39 is 0 Å². The van der Waals surface area contributed by atoms with E-state index in [1.807, 2.05) is 12.1 Å². The first-order chi connectivity index (χ1) is 13.4. The summed E-state index contributed by atoms with van der Waals surface area (Å²) < 4.78 is 6.66. The van der Waals surface area contributed by atoms with Crippen LogP contribution >= 0.6 is 15.9 Å². The predicted molar refractivity (Wildman–Crippen MR) is 117 cm³/mol. The van der Waals surface area contributed by atoms with Crippen LogP contribution in [0, 0.1) is 0 Å². The fourth-order valence-electron chi connectivity index (χ4n) is 2.69. The highest BCUT2D eigenvalue weighted by atomic mass is 79.9. The molecule has 0 saturated heterocycles. The van der Waals surface area contributed by atoms with Crippen LogP contribution in [0.5, 0.6) is 5.75 Å². The van der Waals surface area contributed by atoms with Gasteiger partial charge in [0.2, 0.25) is 5.91 Å². The normalized spacial score (nSPS) is 10.4. The minimum Gasteiger partial charge on any atom is -0.493 e. The van der Waals surface area contributed by atoms with Gasteiger partial charge in [-0.1, -0.05) is 48.2 Å². The molecule has 0 aliphatic heterocycles. The lowest BCUT2D eigenvalue weighted by atomic mass is 10.1. The molecule has 0 saturated carbocycles. The van der Waals surface area contributed by atoms with Crippen molar-refractivity contribution in [3.8, 4) is 5.75 Å². The smallest absolute Gasteiger partial charge is 0.259 e. The Hall–Kier alpha value is -2.34. The molecule has 0 aliphatic carbocycles. The standard InChI is InChI=1S/C22H27BrN2O3/c1-4-5-6-7-13-28-21-12-11-17(23)14-20(21)22(27)24-18-9-8-10-19(15-18)25(3)16(2)26/h8-12,14-15H,4-7,13H2,1-3H3,(H,24,27). The molecule has 0 radical (unpaired) electrons. The largest absolute Gasteiger partial charge is 0.493 e. The number of halogens is 1. The molecule has 0 unspecified atom stereocenters. The van der Waals surface area contributed by atoms with Crippen molar-refractivity contribution in [2.45, 2.75) is 39.5 Å². The van der Waals surface area contributed by atoms with E-state index in [9.17, 15) is 9.59 Å². The van der Waals surface area contributed by atoms with E-state index in [1.165, 1.54) is 24.7 Å². The third kappa shape index (κ3) is 6.37. The Morgan fingerprint density at radius 1 is 1.11 bits per heavy atom. The number of carbonyl (C=O) groups is 2. The van der Waals surface area contributed by atoms with Gasteiger partial charge in [0.05, 0.1) is 12.2 Å². The number of ether oxygens (including phenoxy) is 1.